The average molecular weight is 534 g/mol. The van der Waals surface area contributed by atoms with E-state index in [1.165, 1.54) is 37.3 Å². The molecule has 3 rings (SSSR count). The van der Waals surface area contributed by atoms with Crippen LogP contribution >= 0.6 is 11.6 Å². The lowest BCUT2D eigenvalue weighted by Gasteiger charge is -2.20. The van der Waals surface area contributed by atoms with Crippen LogP contribution in [0.3, 0.4) is 0 Å². The Balaban J connectivity index is 1.80. The van der Waals surface area contributed by atoms with Gasteiger partial charge in [0.05, 0.1) is 10.6 Å². The molecule has 35 heavy (non-hydrogen) atoms. The van der Waals surface area contributed by atoms with E-state index in [1.54, 1.807) is 0 Å². The van der Waals surface area contributed by atoms with Crippen molar-refractivity contribution in [3.05, 3.63) is 58.1 Å². The predicted octanol–water partition coefficient (Wildman–Crippen LogP) is 3.74. The van der Waals surface area contributed by atoms with Crippen LogP contribution in [0.2, 0.25) is 5.02 Å². The van der Waals surface area contributed by atoms with Crippen molar-refractivity contribution in [3.8, 4) is 5.75 Å². The molecular weight excluding hydrogens is 507 g/mol. The zero-order valence-electron chi connectivity index (χ0n) is 19.1. The van der Waals surface area contributed by atoms with E-state index < -0.39 is 27.9 Å². The maximum absolute atomic E-state index is 13.1. The highest BCUT2D eigenvalue weighted by Crippen LogP contribution is 2.30. The molecule has 0 aromatic heterocycles. The van der Waals surface area contributed by atoms with E-state index >= 15 is 0 Å². The van der Waals surface area contributed by atoms with Crippen LogP contribution in [0, 0.1) is 5.92 Å². The number of nitrogens with one attached hydrogen (secondary N) is 1. The summed E-state index contributed by atoms with van der Waals surface area (Å²) in [5.41, 5.74) is 6.20. The molecule has 192 valence electrons. The smallest absolute Gasteiger partial charge is 0.405 e. The number of benzene rings is 2. The van der Waals surface area contributed by atoms with Gasteiger partial charge in [-0.05, 0) is 61.3 Å². The number of likely N-dealkylation sites (tertiary alicyclic amines) is 1. The lowest BCUT2D eigenvalue weighted by atomic mass is 10.1. The Labute approximate surface area is 207 Å². The van der Waals surface area contributed by atoms with E-state index in [1.807, 2.05) is 4.90 Å². The Hall–Kier alpha value is -2.34. The summed E-state index contributed by atoms with van der Waals surface area (Å²) >= 11 is 5.99. The fourth-order valence-corrected chi connectivity index (χ4v) is 5.27. The second-order valence-electron chi connectivity index (χ2n) is 8.33. The van der Waals surface area contributed by atoms with Crippen molar-refractivity contribution in [3.63, 3.8) is 0 Å². The van der Waals surface area contributed by atoms with E-state index in [2.05, 4.69) is 10.1 Å². The third-order valence-electron chi connectivity index (χ3n) is 5.83. The minimum absolute atomic E-state index is 0.0301. The molecule has 1 saturated heterocycles. The first kappa shape index (κ1) is 27.3. The zero-order chi connectivity index (χ0) is 25.8. The Bertz CT molecular complexity index is 1180. The van der Waals surface area contributed by atoms with Crippen LogP contribution in [0.25, 0.3) is 0 Å². The van der Waals surface area contributed by atoms with Crippen LogP contribution in [0.15, 0.2) is 41.3 Å². The topological polar surface area (TPSA) is 102 Å². The molecular formula is C23H27ClF3N3O4S. The van der Waals surface area contributed by atoms with Gasteiger partial charge in [-0.2, -0.15) is 0 Å². The summed E-state index contributed by atoms with van der Waals surface area (Å²) < 4.78 is 68.1. The van der Waals surface area contributed by atoms with E-state index in [0.29, 0.717) is 31.1 Å². The third-order valence-corrected chi connectivity index (χ3v) is 7.89. The van der Waals surface area contributed by atoms with E-state index in [4.69, 9.17) is 17.3 Å². The first-order valence-corrected chi connectivity index (χ1v) is 13.1. The molecule has 0 aliphatic carbocycles. The molecule has 1 aliphatic rings. The monoisotopic (exact) mass is 533 g/mol. The van der Waals surface area contributed by atoms with Crippen molar-refractivity contribution in [1.29, 1.82) is 0 Å². The minimum Gasteiger partial charge on any atom is -0.405 e. The number of amides is 1. The molecule has 1 atom stereocenters. The summed E-state index contributed by atoms with van der Waals surface area (Å²) in [6, 6.07) is 8.10. The van der Waals surface area contributed by atoms with E-state index in [9.17, 15) is 26.4 Å². The number of rotatable bonds is 9. The van der Waals surface area contributed by atoms with Gasteiger partial charge in [-0.15, -0.1) is 13.2 Å². The van der Waals surface area contributed by atoms with E-state index in [-0.39, 0.29) is 39.9 Å². The summed E-state index contributed by atoms with van der Waals surface area (Å²) in [5.74, 6) is -0.996. The number of hydrogen-bond donors (Lipinski definition) is 2. The summed E-state index contributed by atoms with van der Waals surface area (Å²) in [4.78, 5) is 14.8. The number of nitrogens with zero attached hydrogens (tertiary/aromatic N) is 1. The maximum Gasteiger partial charge on any atom is 0.573 e. The molecule has 12 heteroatoms. The molecule has 0 unspecified atom stereocenters. The van der Waals surface area contributed by atoms with Gasteiger partial charge < -0.3 is 15.8 Å². The number of carbonyl (C=O) groups is 1. The fourth-order valence-electron chi connectivity index (χ4n) is 3.96. The van der Waals surface area contributed by atoms with Crippen molar-refractivity contribution in [2.45, 2.75) is 37.7 Å². The quantitative estimate of drug-likeness (QED) is 0.509. The maximum atomic E-state index is 13.1. The molecule has 3 N–H and O–H groups in total. The number of ether oxygens (including phenoxy) is 1. The number of halogens is 4. The molecule has 7 nitrogen and oxygen atoms in total. The van der Waals surface area contributed by atoms with Gasteiger partial charge in [0.1, 0.15) is 5.75 Å². The van der Waals surface area contributed by atoms with Gasteiger partial charge in [-0.3, -0.25) is 9.69 Å². The average Bonchev–Trinajstić information content (AvgIpc) is 3.25. The number of carbonyl (C=O) groups excluding carboxylic acids is 1. The normalized spacial score (nSPS) is 16.9. The van der Waals surface area contributed by atoms with Gasteiger partial charge in [0.15, 0.2) is 9.84 Å². The fraction of sp³-hybridized carbons (Fsp3) is 0.435. The number of alkyl halides is 3. The van der Waals surface area contributed by atoms with Gasteiger partial charge in [-0.1, -0.05) is 24.6 Å². The molecule has 0 saturated carbocycles. The van der Waals surface area contributed by atoms with Crippen molar-refractivity contribution >= 4 is 27.3 Å². The second-order valence-corrected chi connectivity index (χ2v) is 11.0. The summed E-state index contributed by atoms with van der Waals surface area (Å²) in [5, 5.41) is 2.84. The van der Waals surface area contributed by atoms with Crippen LogP contribution in [-0.2, 0) is 22.9 Å². The minimum atomic E-state index is -4.93. The van der Waals surface area contributed by atoms with Crippen LogP contribution in [0.1, 0.15) is 34.8 Å². The molecule has 0 spiro atoms. The van der Waals surface area contributed by atoms with Gasteiger partial charge in [0.25, 0.3) is 5.91 Å². The van der Waals surface area contributed by atoms with Crippen LogP contribution in [0.4, 0.5) is 13.2 Å². The Kier molecular flexibility index (Phi) is 8.68. The predicted molar refractivity (Wildman–Crippen MR) is 126 cm³/mol. The molecule has 1 heterocycles. The van der Waals surface area contributed by atoms with Crippen LogP contribution < -0.4 is 15.8 Å². The number of hydrogen-bond acceptors (Lipinski definition) is 6. The molecule has 1 fully saturated rings. The molecule has 2 aromatic rings. The number of nitrogens with two attached hydrogens (primary N) is 1. The second kappa shape index (κ2) is 11.2. The van der Waals surface area contributed by atoms with Crippen molar-refractivity contribution in [1.82, 2.24) is 10.2 Å². The molecule has 2 aromatic carbocycles. The van der Waals surface area contributed by atoms with Gasteiger partial charge >= 0.3 is 6.36 Å². The molecule has 1 amide bonds. The molecule has 1 aliphatic heterocycles. The third kappa shape index (κ3) is 7.33. The SMILES string of the molecule is CCS(=O)(=O)c1ccc(Cl)cc1CNC(=O)c1ccc(CN2CC[C@H](CN)C2)c(OC(F)(F)F)c1. The highest BCUT2D eigenvalue weighted by molar-refractivity contribution is 7.91. The first-order valence-electron chi connectivity index (χ1n) is 11.0. The molecule has 0 radical (unpaired) electrons. The highest BCUT2D eigenvalue weighted by Gasteiger charge is 2.33. The molecule has 0 bridgehead atoms. The largest absolute Gasteiger partial charge is 0.573 e. The summed E-state index contributed by atoms with van der Waals surface area (Å²) in [7, 11) is -3.58. The van der Waals surface area contributed by atoms with Crippen LogP contribution in [0.5, 0.6) is 5.75 Å². The summed E-state index contributed by atoms with van der Waals surface area (Å²) in [6.45, 7) is 3.43. The lowest BCUT2D eigenvalue weighted by Crippen LogP contribution is -2.26. The first-order chi connectivity index (χ1) is 16.4. The number of sulfone groups is 1. The van der Waals surface area contributed by atoms with Gasteiger partial charge in [0, 0.05) is 35.8 Å². The van der Waals surface area contributed by atoms with Crippen LogP contribution in [-0.4, -0.2) is 51.0 Å². The van der Waals surface area contributed by atoms with Gasteiger partial charge in [0.2, 0.25) is 0 Å². The Morgan fingerprint density at radius 1 is 1.23 bits per heavy atom. The van der Waals surface area contributed by atoms with E-state index in [0.717, 1.165) is 12.5 Å². The Morgan fingerprint density at radius 3 is 2.60 bits per heavy atom. The highest BCUT2D eigenvalue weighted by atomic mass is 35.5. The zero-order valence-corrected chi connectivity index (χ0v) is 20.6. The van der Waals surface area contributed by atoms with Crippen molar-refractivity contribution in [2.24, 2.45) is 11.7 Å². The van der Waals surface area contributed by atoms with Crippen molar-refractivity contribution in [2.75, 3.05) is 25.4 Å². The Morgan fingerprint density at radius 2 is 1.97 bits per heavy atom. The van der Waals surface area contributed by atoms with Crippen molar-refractivity contribution < 1.29 is 31.1 Å². The standard InChI is InChI=1S/C23H27ClF3N3O4S/c1-2-35(32,33)21-6-5-19(24)9-18(21)12-29-22(31)16-3-4-17(20(10-16)34-23(25,26)27)14-30-8-7-15(11-28)13-30/h3-6,9-10,15H,2,7-8,11-14,28H2,1H3,(H,29,31)/t15-/m1/s1. The van der Waals surface area contributed by atoms with Gasteiger partial charge in [-0.25, -0.2) is 8.42 Å². The lowest BCUT2D eigenvalue weighted by molar-refractivity contribution is -0.275. The summed E-state index contributed by atoms with van der Waals surface area (Å²) in [6.07, 6.45) is -4.06.